The Balaban J connectivity index is 2.07. The van der Waals surface area contributed by atoms with E-state index in [2.05, 4.69) is 36.3 Å². The Kier molecular flexibility index (Phi) is 3.14. The number of aliphatic hydroxyl groups is 1. The van der Waals surface area contributed by atoms with Gasteiger partial charge in [0.15, 0.2) is 0 Å². The van der Waals surface area contributed by atoms with Crippen molar-refractivity contribution in [3.63, 3.8) is 0 Å². The molecule has 86 valence electrons. The van der Waals surface area contributed by atoms with Crippen LogP contribution >= 0.6 is 0 Å². The van der Waals surface area contributed by atoms with E-state index in [4.69, 9.17) is 0 Å². The number of nitrogens with one attached hydrogen (secondary N) is 1. The van der Waals surface area contributed by atoms with Crippen LogP contribution in [0.2, 0.25) is 0 Å². The fourth-order valence-electron chi connectivity index (χ4n) is 2.75. The zero-order valence-electron chi connectivity index (χ0n) is 9.74. The topological polar surface area (TPSA) is 35.5 Å². The highest BCUT2D eigenvalue weighted by Gasteiger charge is 2.40. The van der Waals surface area contributed by atoms with Crippen molar-refractivity contribution in [3.05, 3.63) is 12.2 Å². The zero-order chi connectivity index (χ0) is 10.9. The quantitative estimate of drug-likeness (QED) is 0.622. The van der Waals surface area contributed by atoms with Gasteiger partial charge in [-0.25, -0.2) is 0 Å². The van der Waals surface area contributed by atoms with E-state index in [0.717, 1.165) is 32.5 Å². The Labute approximate surface area is 92.2 Å². The molecule has 0 bridgehead atoms. The van der Waals surface area contributed by atoms with Crippen LogP contribution in [0.15, 0.2) is 12.2 Å². The van der Waals surface area contributed by atoms with Crippen molar-refractivity contribution in [2.75, 3.05) is 26.7 Å². The monoisotopic (exact) mass is 210 g/mol. The van der Waals surface area contributed by atoms with Crippen molar-refractivity contribution in [1.29, 1.82) is 0 Å². The predicted molar refractivity (Wildman–Crippen MR) is 61.8 cm³/mol. The first-order valence-corrected chi connectivity index (χ1v) is 5.93. The van der Waals surface area contributed by atoms with Gasteiger partial charge in [-0.15, -0.1) is 0 Å². The summed E-state index contributed by atoms with van der Waals surface area (Å²) < 4.78 is 0. The summed E-state index contributed by atoms with van der Waals surface area (Å²) in [5, 5.41) is 14.1. The predicted octanol–water partition coefficient (Wildman–Crippen LogP) is 0.607. The third-order valence-electron chi connectivity index (χ3n) is 3.91. The summed E-state index contributed by atoms with van der Waals surface area (Å²) in [4.78, 5) is 2.29. The van der Waals surface area contributed by atoms with Gasteiger partial charge in [-0.1, -0.05) is 12.2 Å². The number of piperidine rings is 1. The van der Waals surface area contributed by atoms with Crippen LogP contribution < -0.4 is 5.32 Å². The molecule has 2 N–H and O–H groups in total. The second kappa shape index (κ2) is 4.24. The van der Waals surface area contributed by atoms with E-state index in [0.29, 0.717) is 6.04 Å². The zero-order valence-corrected chi connectivity index (χ0v) is 9.74. The Morgan fingerprint density at radius 3 is 2.67 bits per heavy atom. The Hall–Kier alpha value is -0.380. The van der Waals surface area contributed by atoms with Crippen LogP contribution in [-0.4, -0.2) is 48.3 Å². The highest BCUT2D eigenvalue weighted by Crippen LogP contribution is 2.33. The molecular weight excluding hydrogens is 188 g/mol. The van der Waals surface area contributed by atoms with E-state index in [1.165, 1.54) is 0 Å². The summed E-state index contributed by atoms with van der Waals surface area (Å²) in [5.41, 5.74) is -0.490. The number of hydrogen-bond acceptors (Lipinski definition) is 3. The Morgan fingerprint density at radius 2 is 2.07 bits per heavy atom. The summed E-state index contributed by atoms with van der Waals surface area (Å²) in [7, 11) is 2.12. The second-order valence-electron chi connectivity index (χ2n) is 5.06. The van der Waals surface area contributed by atoms with E-state index in [9.17, 15) is 5.11 Å². The Bertz CT molecular complexity index is 244. The van der Waals surface area contributed by atoms with Crippen molar-refractivity contribution in [3.8, 4) is 0 Å². The SMILES string of the molecule is CC1NCC=CC1C1(O)CCN(C)CC1. The van der Waals surface area contributed by atoms with Gasteiger partial charge in [0.1, 0.15) is 0 Å². The Morgan fingerprint density at radius 1 is 1.40 bits per heavy atom. The lowest BCUT2D eigenvalue weighted by Gasteiger charge is -2.44. The third kappa shape index (κ3) is 2.25. The summed E-state index contributed by atoms with van der Waals surface area (Å²) in [6.07, 6.45) is 6.13. The summed E-state index contributed by atoms with van der Waals surface area (Å²) in [5.74, 6) is 0.278. The van der Waals surface area contributed by atoms with Gasteiger partial charge in [0.2, 0.25) is 0 Å². The number of likely N-dealkylation sites (tertiary alicyclic amines) is 1. The van der Waals surface area contributed by atoms with Gasteiger partial charge < -0.3 is 15.3 Å². The van der Waals surface area contributed by atoms with E-state index in [-0.39, 0.29) is 5.92 Å². The fourth-order valence-corrected chi connectivity index (χ4v) is 2.75. The van der Waals surface area contributed by atoms with Gasteiger partial charge in [-0.05, 0) is 26.8 Å². The minimum atomic E-state index is -0.490. The smallest absolute Gasteiger partial charge is 0.0749 e. The molecule has 0 aromatic heterocycles. The summed E-state index contributed by atoms with van der Waals surface area (Å²) in [6, 6.07) is 0.392. The highest BCUT2D eigenvalue weighted by molar-refractivity contribution is 5.09. The molecule has 2 heterocycles. The van der Waals surface area contributed by atoms with Crippen LogP contribution in [0, 0.1) is 5.92 Å². The lowest BCUT2D eigenvalue weighted by atomic mass is 9.75. The van der Waals surface area contributed by atoms with Crippen molar-refractivity contribution in [2.45, 2.75) is 31.4 Å². The molecule has 1 saturated heterocycles. The van der Waals surface area contributed by atoms with Crippen LogP contribution in [0.5, 0.6) is 0 Å². The molecule has 2 aliphatic rings. The molecule has 2 atom stereocenters. The minimum absolute atomic E-state index is 0.278. The largest absolute Gasteiger partial charge is 0.389 e. The van der Waals surface area contributed by atoms with E-state index in [1.807, 2.05) is 0 Å². The third-order valence-corrected chi connectivity index (χ3v) is 3.91. The maximum absolute atomic E-state index is 10.7. The van der Waals surface area contributed by atoms with Crippen LogP contribution in [0.1, 0.15) is 19.8 Å². The van der Waals surface area contributed by atoms with Gasteiger partial charge in [-0.2, -0.15) is 0 Å². The molecule has 0 aromatic rings. The van der Waals surface area contributed by atoms with Crippen molar-refractivity contribution in [1.82, 2.24) is 10.2 Å². The van der Waals surface area contributed by atoms with E-state index >= 15 is 0 Å². The normalized spacial score (nSPS) is 36.7. The average Bonchev–Trinajstić information content (AvgIpc) is 2.23. The molecule has 3 heteroatoms. The van der Waals surface area contributed by atoms with Crippen LogP contribution in [-0.2, 0) is 0 Å². The molecule has 0 amide bonds. The lowest BCUT2D eigenvalue weighted by Crippen LogP contribution is -2.54. The first-order chi connectivity index (χ1) is 7.12. The summed E-state index contributed by atoms with van der Waals surface area (Å²) >= 11 is 0. The molecule has 15 heavy (non-hydrogen) atoms. The van der Waals surface area contributed by atoms with Gasteiger partial charge >= 0.3 is 0 Å². The van der Waals surface area contributed by atoms with Gasteiger partial charge in [0, 0.05) is 31.6 Å². The molecule has 1 fully saturated rings. The molecule has 2 unspecified atom stereocenters. The molecule has 0 spiro atoms. The standard InChI is InChI=1S/C12H22N2O/c1-10-11(4-3-7-13-10)12(15)5-8-14(2)9-6-12/h3-4,10-11,13,15H,5-9H2,1-2H3. The first kappa shape index (κ1) is 11.1. The van der Waals surface area contributed by atoms with Crippen LogP contribution in [0.4, 0.5) is 0 Å². The summed E-state index contributed by atoms with van der Waals surface area (Å²) in [6.45, 7) is 5.12. The molecule has 0 aromatic carbocycles. The van der Waals surface area contributed by atoms with Crippen molar-refractivity contribution in [2.24, 2.45) is 5.92 Å². The molecule has 0 radical (unpaired) electrons. The lowest BCUT2D eigenvalue weighted by molar-refractivity contribution is -0.0580. The molecule has 3 nitrogen and oxygen atoms in total. The number of rotatable bonds is 1. The molecule has 2 aliphatic heterocycles. The minimum Gasteiger partial charge on any atom is -0.389 e. The van der Waals surface area contributed by atoms with Crippen molar-refractivity contribution >= 4 is 0 Å². The number of hydrogen-bond donors (Lipinski definition) is 2. The molecule has 0 saturated carbocycles. The maximum Gasteiger partial charge on any atom is 0.0749 e. The van der Waals surface area contributed by atoms with Crippen molar-refractivity contribution < 1.29 is 5.11 Å². The second-order valence-corrected chi connectivity index (χ2v) is 5.06. The van der Waals surface area contributed by atoms with Crippen LogP contribution in [0.3, 0.4) is 0 Å². The van der Waals surface area contributed by atoms with Gasteiger partial charge in [0.05, 0.1) is 5.60 Å². The van der Waals surface area contributed by atoms with Crippen LogP contribution in [0.25, 0.3) is 0 Å². The molecule has 2 rings (SSSR count). The van der Waals surface area contributed by atoms with E-state index < -0.39 is 5.60 Å². The number of nitrogens with zero attached hydrogens (tertiary/aromatic N) is 1. The molecule has 0 aliphatic carbocycles. The van der Waals surface area contributed by atoms with Gasteiger partial charge in [-0.3, -0.25) is 0 Å². The average molecular weight is 210 g/mol. The fraction of sp³-hybridized carbons (Fsp3) is 0.833. The maximum atomic E-state index is 10.7. The van der Waals surface area contributed by atoms with Gasteiger partial charge in [0.25, 0.3) is 0 Å². The highest BCUT2D eigenvalue weighted by atomic mass is 16.3. The van der Waals surface area contributed by atoms with E-state index in [1.54, 1.807) is 0 Å². The first-order valence-electron chi connectivity index (χ1n) is 5.93. The molecular formula is C12H22N2O.